The van der Waals surface area contributed by atoms with Crippen LogP contribution in [0.2, 0.25) is 0 Å². The third kappa shape index (κ3) is 5.11. The van der Waals surface area contributed by atoms with E-state index >= 15 is 0 Å². The van der Waals surface area contributed by atoms with Crippen LogP contribution in [0, 0.1) is 0 Å². The molecule has 0 unspecified atom stereocenters. The largest absolute Gasteiger partial charge is 0.495 e. The van der Waals surface area contributed by atoms with E-state index in [0.717, 1.165) is 24.7 Å². The molecule has 0 atom stereocenters. The number of nitrogens with one attached hydrogen (secondary N) is 1. The lowest BCUT2D eigenvalue weighted by atomic mass is 10.0. The van der Waals surface area contributed by atoms with Crippen molar-refractivity contribution in [2.75, 3.05) is 37.6 Å². The lowest BCUT2D eigenvalue weighted by Crippen LogP contribution is -2.28. The van der Waals surface area contributed by atoms with Gasteiger partial charge in [0.25, 0.3) is 0 Å². The van der Waals surface area contributed by atoms with Crippen molar-refractivity contribution in [1.29, 1.82) is 0 Å². The van der Waals surface area contributed by atoms with Gasteiger partial charge in [-0.3, -0.25) is 0 Å². The minimum atomic E-state index is -3.52. The van der Waals surface area contributed by atoms with Gasteiger partial charge in [-0.1, -0.05) is 13.8 Å². The van der Waals surface area contributed by atoms with Crippen LogP contribution in [0.3, 0.4) is 0 Å². The maximum Gasteiger partial charge on any atom is 0.225 e. The van der Waals surface area contributed by atoms with E-state index in [1.807, 2.05) is 13.8 Å². The molecule has 1 fully saturated rings. The molecule has 0 amide bonds. The molecule has 0 spiro atoms. The zero-order valence-electron chi connectivity index (χ0n) is 17.6. The van der Waals surface area contributed by atoms with Crippen LogP contribution in [0.25, 0.3) is 0 Å². The summed E-state index contributed by atoms with van der Waals surface area (Å²) in [4.78, 5) is 8.63. The summed E-state index contributed by atoms with van der Waals surface area (Å²) in [5.41, 5.74) is 6.88. The van der Waals surface area contributed by atoms with Gasteiger partial charge < -0.3 is 25.3 Å². The van der Waals surface area contributed by atoms with E-state index in [1.54, 1.807) is 6.07 Å². The van der Waals surface area contributed by atoms with Crippen LogP contribution in [-0.2, 0) is 14.6 Å². The Hall–Kier alpha value is -2.59. The Bertz CT molecular complexity index is 1000. The molecule has 3 N–H and O–H groups in total. The molecule has 1 aromatic carbocycles. The van der Waals surface area contributed by atoms with Crippen LogP contribution in [-0.4, -0.2) is 51.0 Å². The summed E-state index contributed by atoms with van der Waals surface area (Å²) in [6.07, 6.45) is 4.36. The Labute approximate surface area is 176 Å². The van der Waals surface area contributed by atoms with Crippen LogP contribution >= 0.6 is 0 Å². The zero-order valence-corrected chi connectivity index (χ0v) is 18.5. The predicted octanol–water partition coefficient (Wildman–Crippen LogP) is 2.98. The lowest BCUT2D eigenvalue weighted by Gasteiger charge is -2.23. The average Bonchev–Trinajstić information content (AvgIpc) is 2.69. The van der Waals surface area contributed by atoms with Crippen LogP contribution in [0.1, 0.15) is 38.2 Å². The second kappa shape index (κ2) is 9.05. The van der Waals surface area contributed by atoms with Crippen molar-refractivity contribution in [1.82, 2.24) is 9.97 Å². The van der Waals surface area contributed by atoms with E-state index in [4.69, 9.17) is 19.9 Å². The molecule has 1 aliphatic heterocycles. The Morgan fingerprint density at radius 3 is 2.47 bits per heavy atom. The number of methoxy groups -OCH3 is 1. The Kier molecular flexibility index (Phi) is 6.67. The number of hydrogen-bond donors (Lipinski definition) is 2. The van der Waals surface area contributed by atoms with Gasteiger partial charge in [-0.2, -0.15) is 4.98 Å². The summed E-state index contributed by atoms with van der Waals surface area (Å²) in [5.74, 6) is 1.52. The van der Waals surface area contributed by atoms with Gasteiger partial charge in [-0.15, -0.1) is 0 Å². The number of hydrogen-bond acceptors (Lipinski definition) is 9. The van der Waals surface area contributed by atoms with Crippen molar-refractivity contribution >= 4 is 21.6 Å². The standard InChI is InChI=1S/C20H28N4O5S/c1-12(2)14-9-16(27-3)18(30(4,25)26)10-15(14)29-17-11-22-20(24-19(17)21)23-13-5-7-28-8-6-13/h9-13H,5-8H2,1-4H3,(H3,21,22,23,24). The third-order valence-corrected chi connectivity index (χ3v) is 5.99. The molecule has 9 nitrogen and oxygen atoms in total. The fourth-order valence-electron chi connectivity index (χ4n) is 3.22. The van der Waals surface area contributed by atoms with Crippen molar-refractivity contribution in [3.63, 3.8) is 0 Å². The van der Waals surface area contributed by atoms with E-state index in [0.29, 0.717) is 24.9 Å². The molecule has 10 heteroatoms. The Morgan fingerprint density at radius 2 is 1.90 bits per heavy atom. The third-order valence-electron chi connectivity index (χ3n) is 4.87. The van der Waals surface area contributed by atoms with Crippen molar-refractivity contribution < 1.29 is 22.6 Å². The highest BCUT2D eigenvalue weighted by atomic mass is 32.2. The van der Waals surface area contributed by atoms with Gasteiger partial charge in [0.1, 0.15) is 16.4 Å². The lowest BCUT2D eigenvalue weighted by molar-refractivity contribution is 0.0903. The first-order valence-corrected chi connectivity index (χ1v) is 11.6. The number of ether oxygens (including phenoxy) is 3. The molecule has 0 aliphatic carbocycles. The summed E-state index contributed by atoms with van der Waals surface area (Å²) in [6, 6.07) is 3.36. The number of nitrogens with two attached hydrogens (primary N) is 1. The monoisotopic (exact) mass is 436 g/mol. The molecule has 30 heavy (non-hydrogen) atoms. The smallest absolute Gasteiger partial charge is 0.225 e. The van der Waals surface area contributed by atoms with E-state index < -0.39 is 9.84 Å². The van der Waals surface area contributed by atoms with E-state index in [1.165, 1.54) is 19.4 Å². The van der Waals surface area contributed by atoms with E-state index in [-0.39, 0.29) is 34.2 Å². The summed E-state index contributed by atoms with van der Waals surface area (Å²) < 4.78 is 41.0. The van der Waals surface area contributed by atoms with Gasteiger partial charge in [-0.05, 0) is 24.8 Å². The van der Waals surface area contributed by atoms with Crippen LogP contribution < -0.4 is 20.5 Å². The number of nitrogens with zero attached hydrogens (tertiary/aromatic N) is 2. The molecule has 3 rings (SSSR count). The molecule has 1 aliphatic rings. The van der Waals surface area contributed by atoms with Crippen molar-refractivity contribution in [2.24, 2.45) is 0 Å². The Morgan fingerprint density at radius 1 is 1.20 bits per heavy atom. The van der Waals surface area contributed by atoms with Gasteiger partial charge in [0.05, 0.1) is 13.3 Å². The minimum Gasteiger partial charge on any atom is -0.495 e. The van der Waals surface area contributed by atoms with Gasteiger partial charge >= 0.3 is 0 Å². The second-order valence-electron chi connectivity index (χ2n) is 7.54. The van der Waals surface area contributed by atoms with Crippen molar-refractivity contribution in [2.45, 2.75) is 43.5 Å². The number of anilines is 2. The first-order chi connectivity index (χ1) is 14.2. The van der Waals surface area contributed by atoms with Crippen molar-refractivity contribution in [3.05, 3.63) is 23.9 Å². The fraction of sp³-hybridized carbons (Fsp3) is 0.500. The number of sulfone groups is 1. The van der Waals surface area contributed by atoms with Crippen LogP contribution in [0.15, 0.2) is 23.2 Å². The first kappa shape index (κ1) is 22.1. The molecule has 2 aromatic rings. The zero-order chi connectivity index (χ0) is 21.9. The fourth-order valence-corrected chi connectivity index (χ4v) is 4.05. The molecule has 2 heterocycles. The maximum absolute atomic E-state index is 12.2. The van der Waals surface area contributed by atoms with Crippen LogP contribution in [0.4, 0.5) is 11.8 Å². The normalized spacial score (nSPS) is 15.2. The van der Waals surface area contributed by atoms with Gasteiger partial charge in [0.15, 0.2) is 21.4 Å². The first-order valence-electron chi connectivity index (χ1n) is 9.75. The quantitative estimate of drug-likeness (QED) is 0.673. The summed E-state index contributed by atoms with van der Waals surface area (Å²) in [7, 11) is -2.09. The molecular formula is C20H28N4O5S. The highest BCUT2D eigenvalue weighted by Gasteiger charge is 2.22. The number of aromatic nitrogens is 2. The highest BCUT2D eigenvalue weighted by Crippen LogP contribution is 2.39. The van der Waals surface area contributed by atoms with Gasteiger partial charge in [-0.25, -0.2) is 13.4 Å². The average molecular weight is 437 g/mol. The van der Waals surface area contributed by atoms with Gasteiger partial charge in [0.2, 0.25) is 5.95 Å². The van der Waals surface area contributed by atoms with Crippen LogP contribution in [0.5, 0.6) is 17.2 Å². The van der Waals surface area contributed by atoms with E-state index in [2.05, 4.69) is 15.3 Å². The topological polar surface area (TPSA) is 126 Å². The maximum atomic E-state index is 12.2. The van der Waals surface area contributed by atoms with Gasteiger partial charge in [0, 0.05) is 37.1 Å². The van der Waals surface area contributed by atoms with E-state index in [9.17, 15) is 8.42 Å². The Balaban J connectivity index is 1.91. The second-order valence-corrected chi connectivity index (χ2v) is 9.53. The predicted molar refractivity (Wildman–Crippen MR) is 114 cm³/mol. The highest BCUT2D eigenvalue weighted by molar-refractivity contribution is 7.90. The molecule has 1 saturated heterocycles. The van der Waals surface area contributed by atoms with Crippen molar-refractivity contribution in [3.8, 4) is 17.2 Å². The molecular weight excluding hydrogens is 408 g/mol. The summed E-state index contributed by atoms with van der Waals surface area (Å²) in [5, 5.41) is 3.25. The minimum absolute atomic E-state index is 0.0432. The number of rotatable bonds is 7. The number of nitrogen functional groups attached to an aromatic ring is 1. The summed E-state index contributed by atoms with van der Waals surface area (Å²) in [6.45, 7) is 5.35. The summed E-state index contributed by atoms with van der Waals surface area (Å²) >= 11 is 0. The molecule has 1 aromatic heterocycles. The molecule has 0 bridgehead atoms. The molecule has 0 saturated carbocycles. The number of benzene rings is 1. The SMILES string of the molecule is COc1cc(C(C)C)c(Oc2cnc(NC3CCOCC3)nc2N)cc1S(C)(=O)=O. The molecule has 0 radical (unpaired) electrons. The molecule has 164 valence electrons.